The van der Waals surface area contributed by atoms with Crippen LogP contribution in [-0.2, 0) is 17.8 Å². The average molecular weight is 412 g/mol. The summed E-state index contributed by atoms with van der Waals surface area (Å²) in [6.07, 6.45) is 7.52. The Bertz CT molecular complexity index is 952. The van der Waals surface area contributed by atoms with Gasteiger partial charge in [0.1, 0.15) is 5.82 Å². The molecule has 2 aromatic rings. The second-order valence-electron chi connectivity index (χ2n) is 9.25. The lowest BCUT2D eigenvalue weighted by Gasteiger charge is -2.30. The summed E-state index contributed by atoms with van der Waals surface area (Å²) in [4.78, 5) is 28.0. The van der Waals surface area contributed by atoms with Crippen LogP contribution >= 0.6 is 0 Å². The van der Waals surface area contributed by atoms with Crippen molar-refractivity contribution >= 4 is 17.8 Å². The molecule has 0 bridgehead atoms. The van der Waals surface area contributed by atoms with E-state index < -0.39 is 6.09 Å². The Labute approximate surface area is 176 Å². The van der Waals surface area contributed by atoms with E-state index in [9.17, 15) is 9.59 Å². The number of fused-ring (bicyclic) bond motifs is 1. The quantitative estimate of drug-likeness (QED) is 0.711. The van der Waals surface area contributed by atoms with Crippen molar-refractivity contribution in [2.24, 2.45) is 11.3 Å². The minimum atomic E-state index is -1.04. The van der Waals surface area contributed by atoms with Crippen LogP contribution < -0.4 is 10.6 Å². The summed E-state index contributed by atoms with van der Waals surface area (Å²) >= 11 is 0. The highest BCUT2D eigenvalue weighted by Crippen LogP contribution is 2.36. The molecule has 0 aromatic carbocycles. The van der Waals surface area contributed by atoms with Crippen molar-refractivity contribution in [3.8, 4) is 11.1 Å². The lowest BCUT2D eigenvalue weighted by Crippen LogP contribution is -2.40. The number of aromatic nitrogens is 3. The molecule has 0 spiro atoms. The number of amides is 2. The first kappa shape index (κ1) is 20.4. The molecular weight excluding hydrogens is 382 g/mol. The van der Waals surface area contributed by atoms with Gasteiger partial charge in [-0.2, -0.15) is 5.10 Å². The molecule has 30 heavy (non-hydrogen) atoms. The number of carbonyl (C=O) groups is 2. The van der Waals surface area contributed by atoms with E-state index in [0.717, 1.165) is 49.8 Å². The second kappa shape index (κ2) is 8.08. The topological polar surface area (TPSA) is 109 Å². The summed E-state index contributed by atoms with van der Waals surface area (Å²) in [7, 11) is 0. The summed E-state index contributed by atoms with van der Waals surface area (Å²) in [5, 5.41) is 18.9. The SMILES string of the molecule is CC1(C)CCn2ncc(-c3ccnc(NC(=O)[C@H]4CCC[C@@H](NC(=O)O)C4)c3)c2C1. The van der Waals surface area contributed by atoms with Crippen LogP contribution in [0.2, 0.25) is 0 Å². The third kappa shape index (κ3) is 4.47. The maximum Gasteiger partial charge on any atom is 0.404 e. The fourth-order valence-electron chi connectivity index (χ4n) is 4.61. The van der Waals surface area contributed by atoms with Crippen LogP contribution in [0, 0.1) is 11.3 Å². The summed E-state index contributed by atoms with van der Waals surface area (Å²) < 4.78 is 2.08. The highest BCUT2D eigenvalue weighted by molar-refractivity contribution is 5.92. The fraction of sp³-hybridized carbons (Fsp3) is 0.545. The Hall–Kier alpha value is -2.90. The monoisotopic (exact) mass is 411 g/mol. The minimum absolute atomic E-state index is 0.102. The van der Waals surface area contributed by atoms with Gasteiger partial charge in [0.2, 0.25) is 5.91 Å². The number of hydrogen-bond donors (Lipinski definition) is 3. The van der Waals surface area contributed by atoms with Gasteiger partial charge in [0.15, 0.2) is 0 Å². The molecule has 8 nitrogen and oxygen atoms in total. The van der Waals surface area contributed by atoms with Crippen LogP contribution in [0.3, 0.4) is 0 Å². The van der Waals surface area contributed by atoms with Crippen molar-refractivity contribution in [2.75, 3.05) is 5.32 Å². The fourth-order valence-corrected chi connectivity index (χ4v) is 4.61. The van der Waals surface area contributed by atoms with Gasteiger partial charge in [0, 0.05) is 36.0 Å². The largest absolute Gasteiger partial charge is 0.465 e. The first-order chi connectivity index (χ1) is 14.3. The number of rotatable bonds is 4. The van der Waals surface area contributed by atoms with Crippen molar-refractivity contribution in [1.29, 1.82) is 0 Å². The van der Waals surface area contributed by atoms with E-state index >= 15 is 0 Å². The molecule has 0 saturated heterocycles. The summed E-state index contributed by atoms with van der Waals surface area (Å²) in [6, 6.07) is 3.67. The highest BCUT2D eigenvalue weighted by Gasteiger charge is 2.30. The predicted octanol–water partition coefficient (Wildman–Crippen LogP) is 3.68. The van der Waals surface area contributed by atoms with E-state index in [1.165, 1.54) is 5.69 Å². The number of aryl methyl sites for hydroxylation is 1. The third-order valence-corrected chi connectivity index (χ3v) is 6.29. The molecule has 2 amide bonds. The van der Waals surface area contributed by atoms with Gasteiger partial charge >= 0.3 is 6.09 Å². The van der Waals surface area contributed by atoms with E-state index in [4.69, 9.17) is 5.11 Å². The average Bonchev–Trinajstić information content (AvgIpc) is 3.09. The van der Waals surface area contributed by atoms with Gasteiger partial charge in [0.05, 0.1) is 6.20 Å². The zero-order valence-corrected chi connectivity index (χ0v) is 17.5. The van der Waals surface area contributed by atoms with E-state index in [-0.39, 0.29) is 23.3 Å². The molecule has 2 aromatic heterocycles. The van der Waals surface area contributed by atoms with Gasteiger partial charge in [-0.05, 0) is 55.2 Å². The number of anilines is 1. The van der Waals surface area contributed by atoms with Gasteiger partial charge in [-0.1, -0.05) is 20.3 Å². The number of hydrogen-bond acceptors (Lipinski definition) is 4. The molecule has 160 valence electrons. The zero-order valence-electron chi connectivity index (χ0n) is 17.5. The lowest BCUT2D eigenvalue weighted by atomic mass is 9.81. The van der Waals surface area contributed by atoms with E-state index in [1.807, 2.05) is 18.3 Å². The molecular formula is C22H29N5O3. The van der Waals surface area contributed by atoms with Crippen LogP contribution in [0.25, 0.3) is 11.1 Å². The Morgan fingerprint density at radius 2 is 2.13 bits per heavy atom. The Kier molecular flexibility index (Phi) is 5.49. The van der Waals surface area contributed by atoms with Crippen molar-refractivity contribution in [2.45, 2.75) is 65.0 Å². The van der Waals surface area contributed by atoms with Gasteiger partial charge in [-0.15, -0.1) is 0 Å². The van der Waals surface area contributed by atoms with Crippen molar-refractivity contribution < 1.29 is 14.7 Å². The van der Waals surface area contributed by atoms with Crippen molar-refractivity contribution in [3.05, 3.63) is 30.2 Å². The molecule has 8 heteroatoms. The smallest absolute Gasteiger partial charge is 0.404 e. The normalized spacial score (nSPS) is 22.7. The van der Waals surface area contributed by atoms with E-state index in [1.54, 1.807) is 6.20 Å². The zero-order chi connectivity index (χ0) is 21.3. The molecule has 2 aliphatic rings. The first-order valence-electron chi connectivity index (χ1n) is 10.6. The van der Waals surface area contributed by atoms with Gasteiger partial charge in [-0.3, -0.25) is 9.48 Å². The molecule has 4 rings (SSSR count). The van der Waals surface area contributed by atoms with Crippen LogP contribution in [-0.4, -0.2) is 37.9 Å². The predicted molar refractivity (Wildman–Crippen MR) is 113 cm³/mol. The number of nitrogens with zero attached hydrogens (tertiary/aromatic N) is 3. The summed E-state index contributed by atoms with van der Waals surface area (Å²) in [6.45, 7) is 5.48. The van der Waals surface area contributed by atoms with Gasteiger partial charge in [-0.25, -0.2) is 9.78 Å². The number of carboxylic acid groups (broad SMARTS) is 1. The molecule has 2 atom stereocenters. The lowest BCUT2D eigenvalue weighted by molar-refractivity contribution is -0.121. The number of carbonyl (C=O) groups excluding carboxylic acids is 1. The van der Waals surface area contributed by atoms with Crippen LogP contribution in [0.5, 0.6) is 0 Å². The molecule has 1 fully saturated rings. The molecule has 0 unspecified atom stereocenters. The van der Waals surface area contributed by atoms with E-state index in [2.05, 4.69) is 39.2 Å². The van der Waals surface area contributed by atoms with Crippen LogP contribution in [0.15, 0.2) is 24.5 Å². The molecule has 1 saturated carbocycles. The van der Waals surface area contributed by atoms with Crippen molar-refractivity contribution in [3.63, 3.8) is 0 Å². The number of nitrogens with one attached hydrogen (secondary N) is 2. The van der Waals surface area contributed by atoms with E-state index in [0.29, 0.717) is 12.2 Å². The number of pyridine rings is 1. The molecule has 0 radical (unpaired) electrons. The molecule has 1 aliphatic heterocycles. The van der Waals surface area contributed by atoms with Gasteiger partial charge in [0.25, 0.3) is 0 Å². The Balaban J connectivity index is 1.48. The van der Waals surface area contributed by atoms with Crippen LogP contribution in [0.1, 0.15) is 51.6 Å². The first-order valence-corrected chi connectivity index (χ1v) is 10.6. The Morgan fingerprint density at radius 1 is 1.30 bits per heavy atom. The summed E-state index contributed by atoms with van der Waals surface area (Å²) in [5.41, 5.74) is 3.55. The molecule has 3 N–H and O–H groups in total. The standard InChI is InChI=1S/C22H29N5O3/c1-22(2)7-9-27-18(12-22)17(13-24-27)14-6-8-23-19(11-14)26-20(28)15-4-3-5-16(10-15)25-21(29)30/h6,8,11,13,15-16,25H,3-5,7,9-10,12H2,1-2H3,(H,29,30)(H,23,26,28)/t15-,16+/m0/s1. The van der Waals surface area contributed by atoms with Gasteiger partial charge < -0.3 is 15.7 Å². The minimum Gasteiger partial charge on any atom is -0.465 e. The van der Waals surface area contributed by atoms with Crippen LogP contribution in [0.4, 0.5) is 10.6 Å². The Morgan fingerprint density at radius 3 is 2.93 bits per heavy atom. The second-order valence-corrected chi connectivity index (χ2v) is 9.25. The van der Waals surface area contributed by atoms with Crippen molar-refractivity contribution in [1.82, 2.24) is 20.1 Å². The molecule has 3 heterocycles. The summed E-state index contributed by atoms with van der Waals surface area (Å²) in [5.74, 6) is 0.196. The third-order valence-electron chi connectivity index (χ3n) is 6.29. The molecule has 1 aliphatic carbocycles. The maximum atomic E-state index is 12.8. The maximum absolute atomic E-state index is 12.8. The highest BCUT2D eigenvalue weighted by atomic mass is 16.4.